The van der Waals surface area contributed by atoms with Crippen LogP contribution in [0.4, 0.5) is 0 Å². The standard InChI is InChI=1S/C10H13ClOS/c11-10-8(4-5-13-10)6-7-2-1-3-9(7)12/h4-5,7,9,12H,1-3,6H2. The number of rotatable bonds is 2. The zero-order valence-electron chi connectivity index (χ0n) is 7.37. The van der Waals surface area contributed by atoms with E-state index in [2.05, 4.69) is 6.07 Å². The number of halogens is 1. The molecule has 1 heterocycles. The SMILES string of the molecule is OC1CCCC1Cc1ccsc1Cl. The van der Waals surface area contributed by atoms with Crippen LogP contribution in [0.15, 0.2) is 11.4 Å². The number of thiophene rings is 1. The van der Waals surface area contributed by atoms with Crippen molar-refractivity contribution in [2.24, 2.45) is 5.92 Å². The summed E-state index contributed by atoms with van der Waals surface area (Å²) in [6, 6.07) is 2.07. The summed E-state index contributed by atoms with van der Waals surface area (Å²) in [6.07, 6.45) is 4.12. The molecule has 1 aliphatic rings. The van der Waals surface area contributed by atoms with Gasteiger partial charge in [-0.25, -0.2) is 0 Å². The Balaban J connectivity index is 2.01. The van der Waals surface area contributed by atoms with Crippen molar-refractivity contribution in [3.05, 3.63) is 21.3 Å². The Kier molecular flexibility index (Phi) is 2.92. The van der Waals surface area contributed by atoms with Crippen molar-refractivity contribution in [1.82, 2.24) is 0 Å². The van der Waals surface area contributed by atoms with Gasteiger partial charge in [-0.3, -0.25) is 0 Å². The van der Waals surface area contributed by atoms with E-state index in [1.807, 2.05) is 5.38 Å². The van der Waals surface area contributed by atoms with Gasteiger partial charge in [0.15, 0.2) is 0 Å². The molecule has 1 saturated carbocycles. The number of aliphatic hydroxyl groups is 1. The molecule has 0 radical (unpaired) electrons. The monoisotopic (exact) mass is 216 g/mol. The third-order valence-electron chi connectivity index (χ3n) is 2.79. The van der Waals surface area contributed by atoms with E-state index in [1.54, 1.807) is 11.3 Å². The second kappa shape index (κ2) is 3.99. The number of hydrogen-bond donors (Lipinski definition) is 1. The van der Waals surface area contributed by atoms with Crippen molar-refractivity contribution >= 4 is 22.9 Å². The average Bonchev–Trinajstić information content (AvgIpc) is 2.65. The van der Waals surface area contributed by atoms with Crippen molar-refractivity contribution in [1.29, 1.82) is 0 Å². The van der Waals surface area contributed by atoms with Gasteiger partial charge in [0.05, 0.1) is 10.4 Å². The summed E-state index contributed by atoms with van der Waals surface area (Å²) in [4.78, 5) is 0. The first-order chi connectivity index (χ1) is 6.27. The Morgan fingerprint density at radius 3 is 2.92 bits per heavy atom. The Morgan fingerprint density at radius 2 is 2.38 bits per heavy atom. The third-order valence-corrected chi connectivity index (χ3v) is 4.05. The van der Waals surface area contributed by atoms with Gasteiger partial charge in [-0.1, -0.05) is 18.0 Å². The van der Waals surface area contributed by atoms with Crippen LogP contribution in [0.5, 0.6) is 0 Å². The zero-order valence-corrected chi connectivity index (χ0v) is 8.94. The smallest absolute Gasteiger partial charge is 0.0960 e. The predicted octanol–water partition coefficient (Wildman–Crippen LogP) is 3.11. The topological polar surface area (TPSA) is 20.2 Å². The lowest BCUT2D eigenvalue weighted by molar-refractivity contribution is 0.133. The Hall–Kier alpha value is -0.0500. The average molecular weight is 217 g/mol. The van der Waals surface area contributed by atoms with Gasteiger partial charge < -0.3 is 5.11 Å². The highest BCUT2D eigenvalue weighted by Gasteiger charge is 2.25. The van der Waals surface area contributed by atoms with Gasteiger partial charge >= 0.3 is 0 Å². The molecule has 0 amide bonds. The van der Waals surface area contributed by atoms with Gasteiger partial charge in [-0.15, -0.1) is 11.3 Å². The third kappa shape index (κ3) is 2.06. The van der Waals surface area contributed by atoms with Crippen LogP contribution in [0.25, 0.3) is 0 Å². The molecule has 1 aromatic heterocycles. The Labute approximate surface area is 87.4 Å². The van der Waals surface area contributed by atoms with E-state index < -0.39 is 0 Å². The quantitative estimate of drug-likeness (QED) is 0.806. The van der Waals surface area contributed by atoms with Crippen molar-refractivity contribution in [2.45, 2.75) is 31.8 Å². The molecular weight excluding hydrogens is 204 g/mol. The first kappa shape index (κ1) is 9.50. The first-order valence-electron chi connectivity index (χ1n) is 4.67. The molecule has 1 aromatic rings. The van der Waals surface area contributed by atoms with E-state index in [-0.39, 0.29) is 6.10 Å². The summed E-state index contributed by atoms with van der Waals surface area (Å²) in [7, 11) is 0. The molecule has 2 rings (SSSR count). The molecule has 13 heavy (non-hydrogen) atoms. The lowest BCUT2D eigenvalue weighted by atomic mass is 9.98. The van der Waals surface area contributed by atoms with E-state index in [0.717, 1.165) is 30.0 Å². The highest BCUT2D eigenvalue weighted by atomic mass is 35.5. The zero-order chi connectivity index (χ0) is 9.26. The van der Waals surface area contributed by atoms with Crippen LogP contribution in [0.1, 0.15) is 24.8 Å². The van der Waals surface area contributed by atoms with Crippen LogP contribution in [0.3, 0.4) is 0 Å². The molecule has 2 unspecified atom stereocenters. The molecular formula is C10H13ClOS. The highest BCUT2D eigenvalue weighted by Crippen LogP contribution is 2.32. The van der Waals surface area contributed by atoms with Crippen LogP contribution in [-0.4, -0.2) is 11.2 Å². The van der Waals surface area contributed by atoms with E-state index in [4.69, 9.17) is 11.6 Å². The maximum absolute atomic E-state index is 9.64. The van der Waals surface area contributed by atoms with Crippen LogP contribution in [-0.2, 0) is 6.42 Å². The van der Waals surface area contributed by atoms with Crippen molar-refractivity contribution < 1.29 is 5.11 Å². The number of aliphatic hydroxyl groups excluding tert-OH is 1. The second-order valence-electron chi connectivity index (χ2n) is 3.68. The fraction of sp³-hybridized carbons (Fsp3) is 0.600. The molecule has 1 nitrogen and oxygen atoms in total. The van der Waals surface area contributed by atoms with Gasteiger partial charge in [0.2, 0.25) is 0 Å². The summed E-state index contributed by atoms with van der Waals surface area (Å²) >= 11 is 7.58. The van der Waals surface area contributed by atoms with Gasteiger partial charge in [0, 0.05) is 0 Å². The highest BCUT2D eigenvalue weighted by molar-refractivity contribution is 7.14. The van der Waals surface area contributed by atoms with Gasteiger partial charge in [-0.2, -0.15) is 0 Å². The molecule has 0 bridgehead atoms. The maximum atomic E-state index is 9.64. The van der Waals surface area contributed by atoms with Crippen LogP contribution in [0, 0.1) is 5.92 Å². The Morgan fingerprint density at radius 1 is 1.54 bits per heavy atom. The van der Waals surface area contributed by atoms with E-state index in [0.29, 0.717) is 5.92 Å². The van der Waals surface area contributed by atoms with Crippen LogP contribution >= 0.6 is 22.9 Å². The Bertz CT molecular complexity index is 284. The molecule has 2 atom stereocenters. The fourth-order valence-corrected chi connectivity index (χ4v) is 2.95. The second-order valence-corrected chi connectivity index (χ2v) is 5.20. The predicted molar refractivity (Wildman–Crippen MR) is 56.4 cm³/mol. The molecule has 0 spiro atoms. The van der Waals surface area contributed by atoms with Gasteiger partial charge in [0.1, 0.15) is 0 Å². The van der Waals surface area contributed by atoms with Crippen LogP contribution in [0.2, 0.25) is 4.34 Å². The summed E-state index contributed by atoms with van der Waals surface area (Å²) in [5.41, 5.74) is 1.21. The molecule has 0 saturated heterocycles. The molecule has 0 aromatic carbocycles. The summed E-state index contributed by atoms with van der Waals surface area (Å²) in [6.45, 7) is 0. The maximum Gasteiger partial charge on any atom is 0.0960 e. The minimum Gasteiger partial charge on any atom is -0.393 e. The van der Waals surface area contributed by atoms with Crippen molar-refractivity contribution in [2.75, 3.05) is 0 Å². The largest absolute Gasteiger partial charge is 0.393 e. The molecule has 0 aliphatic heterocycles. The fourth-order valence-electron chi connectivity index (χ4n) is 2.00. The summed E-state index contributed by atoms with van der Waals surface area (Å²) < 4.78 is 0.888. The molecule has 1 fully saturated rings. The van der Waals surface area contributed by atoms with Gasteiger partial charge in [-0.05, 0) is 42.2 Å². The molecule has 1 aliphatic carbocycles. The van der Waals surface area contributed by atoms with Crippen molar-refractivity contribution in [3.8, 4) is 0 Å². The number of hydrogen-bond acceptors (Lipinski definition) is 2. The molecule has 3 heteroatoms. The minimum absolute atomic E-state index is 0.101. The summed E-state index contributed by atoms with van der Waals surface area (Å²) in [5.74, 6) is 0.437. The lowest BCUT2D eigenvalue weighted by Gasteiger charge is -2.13. The minimum atomic E-state index is -0.101. The van der Waals surface area contributed by atoms with Crippen LogP contribution < -0.4 is 0 Å². The lowest BCUT2D eigenvalue weighted by Crippen LogP contribution is -2.15. The van der Waals surface area contributed by atoms with E-state index in [1.165, 1.54) is 5.56 Å². The molecule has 72 valence electrons. The van der Waals surface area contributed by atoms with Gasteiger partial charge in [0.25, 0.3) is 0 Å². The van der Waals surface area contributed by atoms with E-state index in [9.17, 15) is 5.11 Å². The normalized spacial score (nSPS) is 28.2. The molecule has 1 N–H and O–H groups in total. The summed E-state index contributed by atoms with van der Waals surface area (Å²) in [5, 5.41) is 11.7. The van der Waals surface area contributed by atoms with Crippen molar-refractivity contribution in [3.63, 3.8) is 0 Å². The van der Waals surface area contributed by atoms with E-state index >= 15 is 0 Å². The first-order valence-corrected chi connectivity index (χ1v) is 5.93.